The van der Waals surface area contributed by atoms with Gasteiger partial charge in [-0.25, -0.2) is 0 Å². The van der Waals surface area contributed by atoms with Crippen LogP contribution in [0.15, 0.2) is 24.3 Å². The fraction of sp³-hybridized carbons (Fsp3) is 0.556. The van der Waals surface area contributed by atoms with Gasteiger partial charge in [0, 0.05) is 19.1 Å². The van der Waals surface area contributed by atoms with Gasteiger partial charge >= 0.3 is 0 Å². The van der Waals surface area contributed by atoms with Gasteiger partial charge in [-0.3, -0.25) is 9.59 Å². The molecule has 2 fully saturated rings. The van der Waals surface area contributed by atoms with E-state index in [2.05, 4.69) is 10.6 Å². The predicted molar refractivity (Wildman–Crippen MR) is 90.6 cm³/mol. The highest BCUT2D eigenvalue weighted by molar-refractivity contribution is 5.97. The van der Waals surface area contributed by atoms with Crippen molar-refractivity contribution in [3.63, 3.8) is 0 Å². The van der Waals surface area contributed by atoms with Crippen LogP contribution in [0.4, 0.5) is 0 Å². The maximum absolute atomic E-state index is 12.5. The van der Waals surface area contributed by atoms with Crippen molar-refractivity contribution >= 4 is 11.8 Å². The summed E-state index contributed by atoms with van der Waals surface area (Å²) in [6.07, 6.45) is 2.25. The molecule has 0 bridgehead atoms. The first-order valence-corrected chi connectivity index (χ1v) is 8.59. The van der Waals surface area contributed by atoms with Crippen molar-refractivity contribution in [2.45, 2.75) is 50.9 Å². The van der Waals surface area contributed by atoms with Gasteiger partial charge in [-0.1, -0.05) is 25.5 Å². The largest absolute Gasteiger partial charge is 0.497 e. The number of carbonyl (C=O) groups is 2. The van der Waals surface area contributed by atoms with Crippen LogP contribution in [0.1, 0.15) is 31.7 Å². The average Bonchev–Trinajstić information content (AvgIpc) is 3.03. The molecule has 0 saturated carbocycles. The normalized spacial score (nSPS) is 26.2. The highest BCUT2D eigenvalue weighted by atomic mass is 16.5. The highest BCUT2D eigenvalue weighted by Gasteiger charge is 2.45. The number of rotatable bonds is 6. The zero-order valence-electron chi connectivity index (χ0n) is 14.2. The van der Waals surface area contributed by atoms with Crippen molar-refractivity contribution in [3.05, 3.63) is 29.8 Å². The predicted octanol–water partition coefficient (Wildman–Crippen LogP) is 1.05. The Morgan fingerprint density at radius 3 is 2.96 bits per heavy atom. The van der Waals surface area contributed by atoms with E-state index in [0.717, 1.165) is 17.7 Å². The summed E-state index contributed by atoms with van der Waals surface area (Å²) in [7, 11) is 1.65. The lowest BCUT2D eigenvalue weighted by molar-refractivity contribution is -0.147. The van der Waals surface area contributed by atoms with Crippen LogP contribution in [0.5, 0.6) is 5.75 Å². The molecule has 6 heteroatoms. The summed E-state index contributed by atoms with van der Waals surface area (Å²) < 4.78 is 5.23. The van der Waals surface area contributed by atoms with Crippen LogP contribution < -0.4 is 15.4 Å². The summed E-state index contributed by atoms with van der Waals surface area (Å²) in [5.41, 5.74) is 1.12. The molecule has 2 N–H and O–H groups in total. The fourth-order valence-corrected chi connectivity index (χ4v) is 3.53. The summed E-state index contributed by atoms with van der Waals surface area (Å²) in [5.74, 6) is 0.876. The minimum absolute atomic E-state index is 0.0151. The van der Waals surface area contributed by atoms with Crippen molar-refractivity contribution in [2.24, 2.45) is 0 Å². The quantitative estimate of drug-likeness (QED) is 0.817. The second-order valence-electron chi connectivity index (χ2n) is 6.52. The van der Waals surface area contributed by atoms with E-state index in [0.29, 0.717) is 25.9 Å². The Morgan fingerprint density at radius 1 is 1.38 bits per heavy atom. The Labute approximate surface area is 142 Å². The van der Waals surface area contributed by atoms with Crippen LogP contribution in [0.2, 0.25) is 0 Å². The van der Waals surface area contributed by atoms with E-state index in [4.69, 9.17) is 4.74 Å². The van der Waals surface area contributed by atoms with Gasteiger partial charge in [0.25, 0.3) is 0 Å². The number of nitrogens with one attached hydrogen (secondary N) is 2. The third-order valence-electron chi connectivity index (χ3n) is 4.81. The van der Waals surface area contributed by atoms with Crippen LogP contribution in [-0.4, -0.2) is 48.5 Å². The lowest BCUT2D eigenvalue weighted by Gasteiger charge is -2.34. The summed E-state index contributed by atoms with van der Waals surface area (Å²) in [5, 5.41) is 6.34. The maximum Gasteiger partial charge on any atom is 0.245 e. The molecule has 6 nitrogen and oxygen atoms in total. The second-order valence-corrected chi connectivity index (χ2v) is 6.52. The highest BCUT2D eigenvalue weighted by Crippen LogP contribution is 2.24. The van der Waals surface area contributed by atoms with E-state index in [1.54, 1.807) is 12.0 Å². The Kier molecular flexibility index (Phi) is 5.04. The molecule has 0 aliphatic carbocycles. The monoisotopic (exact) mass is 331 g/mol. The maximum atomic E-state index is 12.5. The van der Waals surface area contributed by atoms with Crippen LogP contribution in [-0.2, 0) is 16.1 Å². The molecule has 2 amide bonds. The molecule has 1 aromatic carbocycles. The molecule has 2 saturated heterocycles. The molecule has 24 heavy (non-hydrogen) atoms. The van der Waals surface area contributed by atoms with Crippen molar-refractivity contribution in [3.8, 4) is 5.75 Å². The summed E-state index contributed by atoms with van der Waals surface area (Å²) in [6.45, 7) is 3.31. The minimum atomic E-state index is -0.351. The molecule has 2 heterocycles. The minimum Gasteiger partial charge on any atom is -0.497 e. The van der Waals surface area contributed by atoms with Crippen LogP contribution in [0.25, 0.3) is 0 Å². The van der Waals surface area contributed by atoms with Crippen molar-refractivity contribution in [1.82, 2.24) is 15.5 Å². The number of amides is 2. The van der Waals surface area contributed by atoms with E-state index >= 15 is 0 Å². The lowest BCUT2D eigenvalue weighted by atomic mass is 10.0. The number of hydrogen-bond acceptors (Lipinski definition) is 4. The molecular formula is C18H25N3O3. The Bertz CT molecular complexity index is 619. The molecule has 0 unspecified atom stereocenters. The first-order chi connectivity index (χ1) is 11.6. The Hall–Kier alpha value is -2.08. The Balaban J connectivity index is 1.60. The number of benzene rings is 1. The number of piperazine rings is 1. The first kappa shape index (κ1) is 16.8. The van der Waals surface area contributed by atoms with E-state index in [-0.39, 0.29) is 29.9 Å². The van der Waals surface area contributed by atoms with Crippen molar-refractivity contribution < 1.29 is 14.3 Å². The molecular weight excluding hydrogens is 306 g/mol. The van der Waals surface area contributed by atoms with Crippen LogP contribution in [0, 0.1) is 0 Å². The van der Waals surface area contributed by atoms with Gasteiger partial charge in [-0.05, 0) is 30.5 Å². The van der Waals surface area contributed by atoms with Gasteiger partial charge in [-0.2, -0.15) is 0 Å². The fourth-order valence-electron chi connectivity index (χ4n) is 3.53. The molecule has 2 aliphatic heterocycles. The number of ether oxygens (including phenoxy) is 1. The molecule has 2 aliphatic rings. The molecule has 0 spiro atoms. The standard InChI is InChI=1S/C18H25N3O3/c1-3-5-15-18(23)21-11-13(9-16(21)17(22)20-15)19-10-12-6-4-7-14(8-12)24-2/h4,6-8,13,15-16,19H,3,5,9-11H2,1-2H3,(H,20,22)/t13-,15-,16-/m0/s1. The Morgan fingerprint density at radius 2 is 2.21 bits per heavy atom. The zero-order chi connectivity index (χ0) is 17.1. The second kappa shape index (κ2) is 7.21. The van der Waals surface area contributed by atoms with Gasteiger partial charge in [0.2, 0.25) is 11.8 Å². The number of fused-ring (bicyclic) bond motifs is 1. The topological polar surface area (TPSA) is 70.7 Å². The van der Waals surface area contributed by atoms with Gasteiger partial charge in [-0.15, -0.1) is 0 Å². The van der Waals surface area contributed by atoms with Crippen LogP contribution >= 0.6 is 0 Å². The third-order valence-corrected chi connectivity index (χ3v) is 4.81. The molecule has 3 rings (SSSR count). The van der Waals surface area contributed by atoms with Gasteiger partial charge in [0.1, 0.15) is 17.8 Å². The third kappa shape index (κ3) is 3.38. The molecule has 1 aromatic rings. The first-order valence-electron chi connectivity index (χ1n) is 8.59. The summed E-state index contributed by atoms with van der Waals surface area (Å²) >= 11 is 0. The molecule has 0 aromatic heterocycles. The van der Waals surface area contributed by atoms with Crippen molar-refractivity contribution in [2.75, 3.05) is 13.7 Å². The summed E-state index contributed by atoms with van der Waals surface area (Å²) in [6, 6.07) is 7.36. The molecule has 130 valence electrons. The van der Waals surface area contributed by atoms with Gasteiger partial charge < -0.3 is 20.3 Å². The van der Waals surface area contributed by atoms with Crippen LogP contribution in [0.3, 0.4) is 0 Å². The van der Waals surface area contributed by atoms with E-state index in [9.17, 15) is 9.59 Å². The van der Waals surface area contributed by atoms with Gasteiger partial charge in [0.15, 0.2) is 0 Å². The van der Waals surface area contributed by atoms with Gasteiger partial charge in [0.05, 0.1) is 7.11 Å². The zero-order valence-corrected chi connectivity index (χ0v) is 14.2. The number of carbonyl (C=O) groups excluding carboxylic acids is 2. The molecule has 0 radical (unpaired) electrons. The molecule has 3 atom stereocenters. The number of nitrogens with zero attached hydrogens (tertiary/aromatic N) is 1. The van der Waals surface area contributed by atoms with E-state index in [1.807, 2.05) is 31.2 Å². The van der Waals surface area contributed by atoms with E-state index < -0.39 is 0 Å². The van der Waals surface area contributed by atoms with Crippen molar-refractivity contribution in [1.29, 1.82) is 0 Å². The van der Waals surface area contributed by atoms with E-state index in [1.165, 1.54) is 0 Å². The SMILES string of the molecule is CCC[C@@H]1NC(=O)[C@@H]2C[C@H](NCc3cccc(OC)c3)CN2C1=O. The smallest absolute Gasteiger partial charge is 0.245 e. The summed E-state index contributed by atoms with van der Waals surface area (Å²) in [4.78, 5) is 26.5. The number of methoxy groups -OCH3 is 1. The number of hydrogen-bond donors (Lipinski definition) is 2. The lowest BCUT2D eigenvalue weighted by Crippen LogP contribution is -2.61. The average molecular weight is 331 g/mol.